The van der Waals surface area contributed by atoms with Gasteiger partial charge >= 0.3 is 0 Å². The SMILES string of the molecule is CC(C)(C)C(=O)NCCC(=O)N1CC(=O)NC(=O)C1(C)C. The van der Waals surface area contributed by atoms with Crippen LogP contribution in [-0.4, -0.2) is 47.2 Å². The average molecular weight is 297 g/mol. The molecule has 1 aliphatic heterocycles. The fraction of sp³-hybridized carbons (Fsp3) is 0.714. The predicted molar refractivity (Wildman–Crippen MR) is 76.0 cm³/mol. The van der Waals surface area contributed by atoms with Crippen LogP contribution in [0.5, 0.6) is 0 Å². The molecule has 0 unspecified atom stereocenters. The number of nitrogens with one attached hydrogen (secondary N) is 2. The lowest BCUT2D eigenvalue weighted by Gasteiger charge is -2.40. The molecule has 0 bridgehead atoms. The molecule has 0 aromatic rings. The highest BCUT2D eigenvalue weighted by atomic mass is 16.2. The molecule has 0 saturated carbocycles. The van der Waals surface area contributed by atoms with Crippen LogP contribution in [0.3, 0.4) is 0 Å². The van der Waals surface area contributed by atoms with Gasteiger partial charge in [0.2, 0.25) is 17.7 Å². The first-order valence-electron chi connectivity index (χ1n) is 6.89. The molecular formula is C14H23N3O4. The molecule has 1 saturated heterocycles. The number of imide groups is 1. The van der Waals surface area contributed by atoms with Crippen molar-refractivity contribution in [3.63, 3.8) is 0 Å². The zero-order chi connectivity index (χ0) is 16.4. The summed E-state index contributed by atoms with van der Waals surface area (Å²) < 4.78 is 0. The van der Waals surface area contributed by atoms with Crippen molar-refractivity contribution < 1.29 is 19.2 Å². The standard InChI is InChI=1S/C14H23N3O4/c1-13(2,3)11(20)15-7-6-10(19)17-8-9(18)16-12(21)14(17,4)5/h6-8H2,1-5H3,(H,15,20)(H,16,18,21). The second kappa shape index (κ2) is 5.83. The van der Waals surface area contributed by atoms with Gasteiger partial charge in [0.25, 0.3) is 5.91 Å². The maximum Gasteiger partial charge on any atom is 0.252 e. The molecule has 1 rings (SSSR count). The molecule has 0 radical (unpaired) electrons. The number of piperazine rings is 1. The quantitative estimate of drug-likeness (QED) is 0.705. The molecular weight excluding hydrogens is 274 g/mol. The van der Waals surface area contributed by atoms with Crippen molar-refractivity contribution in [2.45, 2.75) is 46.6 Å². The lowest BCUT2D eigenvalue weighted by Crippen LogP contribution is -2.65. The van der Waals surface area contributed by atoms with Crippen LogP contribution in [0, 0.1) is 5.41 Å². The summed E-state index contributed by atoms with van der Waals surface area (Å²) in [6, 6.07) is 0. The minimum atomic E-state index is -1.07. The summed E-state index contributed by atoms with van der Waals surface area (Å²) in [4.78, 5) is 48.3. The van der Waals surface area contributed by atoms with Crippen molar-refractivity contribution >= 4 is 23.6 Å². The van der Waals surface area contributed by atoms with Gasteiger partial charge in [-0.25, -0.2) is 0 Å². The van der Waals surface area contributed by atoms with Gasteiger partial charge in [-0.05, 0) is 13.8 Å². The average Bonchev–Trinajstić information content (AvgIpc) is 2.32. The van der Waals surface area contributed by atoms with Crippen molar-refractivity contribution in [1.29, 1.82) is 0 Å². The summed E-state index contributed by atoms with van der Waals surface area (Å²) in [6.07, 6.45) is 0.0474. The van der Waals surface area contributed by atoms with Gasteiger partial charge in [0.1, 0.15) is 12.1 Å². The Kier molecular flexibility index (Phi) is 4.76. The van der Waals surface area contributed by atoms with Crippen LogP contribution in [0.2, 0.25) is 0 Å². The molecule has 0 atom stereocenters. The van der Waals surface area contributed by atoms with Crippen LogP contribution in [0.1, 0.15) is 41.0 Å². The van der Waals surface area contributed by atoms with E-state index in [1.807, 2.05) is 0 Å². The van der Waals surface area contributed by atoms with E-state index in [1.165, 1.54) is 4.90 Å². The van der Waals surface area contributed by atoms with Crippen molar-refractivity contribution in [2.24, 2.45) is 5.41 Å². The smallest absolute Gasteiger partial charge is 0.252 e. The number of hydrogen-bond acceptors (Lipinski definition) is 4. The summed E-state index contributed by atoms with van der Waals surface area (Å²) in [6.45, 7) is 8.53. The first-order chi connectivity index (χ1) is 9.46. The van der Waals surface area contributed by atoms with Crippen LogP contribution < -0.4 is 10.6 Å². The zero-order valence-electron chi connectivity index (χ0n) is 13.2. The molecule has 0 aromatic carbocycles. The minimum Gasteiger partial charge on any atom is -0.355 e. The summed E-state index contributed by atoms with van der Waals surface area (Å²) in [5.74, 6) is -1.48. The molecule has 7 heteroatoms. The lowest BCUT2D eigenvalue weighted by molar-refractivity contribution is -0.155. The van der Waals surface area contributed by atoms with Gasteiger partial charge in [0.15, 0.2) is 0 Å². The Labute approximate surface area is 124 Å². The van der Waals surface area contributed by atoms with Gasteiger partial charge < -0.3 is 10.2 Å². The summed E-state index contributed by atoms with van der Waals surface area (Å²) in [7, 11) is 0. The topological polar surface area (TPSA) is 95.6 Å². The highest BCUT2D eigenvalue weighted by Gasteiger charge is 2.43. The Morgan fingerprint density at radius 1 is 1.29 bits per heavy atom. The van der Waals surface area contributed by atoms with E-state index in [1.54, 1.807) is 34.6 Å². The molecule has 4 amide bonds. The van der Waals surface area contributed by atoms with Gasteiger partial charge in [-0.2, -0.15) is 0 Å². The Hall–Kier alpha value is -1.92. The lowest BCUT2D eigenvalue weighted by atomic mass is 9.95. The Morgan fingerprint density at radius 3 is 2.38 bits per heavy atom. The number of amides is 4. The monoisotopic (exact) mass is 297 g/mol. The fourth-order valence-corrected chi connectivity index (χ4v) is 1.87. The van der Waals surface area contributed by atoms with E-state index in [-0.39, 0.29) is 31.3 Å². The fourth-order valence-electron chi connectivity index (χ4n) is 1.87. The van der Waals surface area contributed by atoms with Crippen molar-refractivity contribution in [1.82, 2.24) is 15.5 Å². The van der Waals surface area contributed by atoms with E-state index in [4.69, 9.17) is 0 Å². The van der Waals surface area contributed by atoms with E-state index in [0.29, 0.717) is 0 Å². The number of nitrogens with zero attached hydrogens (tertiary/aromatic N) is 1. The highest BCUT2D eigenvalue weighted by molar-refractivity contribution is 6.06. The number of hydrogen-bond donors (Lipinski definition) is 2. The number of carbonyl (C=O) groups excluding carboxylic acids is 4. The Bertz CT molecular complexity index is 477. The zero-order valence-corrected chi connectivity index (χ0v) is 13.2. The van der Waals surface area contributed by atoms with Crippen LogP contribution in [0.15, 0.2) is 0 Å². The van der Waals surface area contributed by atoms with Gasteiger partial charge in [0, 0.05) is 18.4 Å². The van der Waals surface area contributed by atoms with Crippen LogP contribution in [0.4, 0.5) is 0 Å². The molecule has 1 heterocycles. The Morgan fingerprint density at radius 2 is 1.86 bits per heavy atom. The summed E-state index contributed by atoms with van der Waals surface area (Å²) in [5, 5.41) is 4.88. The summed E-state index contributed by atoms with van der Waals surface area (Å²) in [5.41, 5.74) is -1.59. The van der Waals surface area contributed by atoms with Crippen LogP contribution in [0.25, 0.3) is 0 Å². The number of rotatable bonds is 3. The van der Waals surface area contributed by atoms with Gasteiger partial charge in [-0.1, -0.05) is 20.8 Å². The molecule has 0 aromatic heterocycles. The minimum absolute atomic E-state index is 0.0474. The van der Waals surface area contributed by atoms with E-state index in [2.05, 4.69) is 10.6 Å². The maximum absolute atomic E-state index is 12.2. The number of carbonyl (C=O) groups is 4. The second-order valence-corrected chi connectivity index (χ2v) is 6.67. The third-order valence-electron chi connectivity index (χ3n) is 3.39. The van der Waals surface area contributed by atoms with Crippen LogP contribution >= 0.6 is 0 Å². The second-order valence-electron chi connectivity index (χ2n) is 6.67. The molecule has 0 spiro atoms. The third-order valence-corrected chi connectivity index (χ3v) is 3.39. The Balaban J connectivity index is 2.61. The third kappa shape index (κ3) is 4.03. The predicted octanol–water partition coefficient (Wildman–Crippen LogP) is -0.198. The molecule has 118 valence electrons. The molecule has 7 nitrogen and oxygen atoms in total. The molecule has 2 N–H and O–H groups in total. The molecule has 21 heavy (non-hydrogen) atoms. The van der Waals surface area contributed by atoms with E-state index in [9.17, 15) is 19.2 Å². The maximum atomic E-state index is 12.2. The van der Waals surface area contributed by atoms with Crippen molar-refractivity contribution in [3.05, 3.63) is 0 Å². The normalized spacial score (nSPS) is 18.2. The van der Waals surface area contributed by atoms with E-state index < -0.39 is 22.8 Å². The van der Waals surface area contributed by atoms with Gasteiger partial charge in [-0.3, -0.25) is 24.5 Å². The van der Waals surface area contributed by atoms with Gasteiger partial charge in [-0.15, -0.1) is 0 Å². The van der Waals surface area contributed by atoms with E-state index >= 15 is 0 Å². The van der Waals surface area contributed by atoms with Crippen molar-refractivity contribution in [2.75, 3.05) is 13.1 Å². The molecule has 0 aliphatic carbocycles. The van der Waals surface area contributed by atoms with Crippen molar-refractivity contribution in [3.8, 4) is 0 Å². The highest BCUT2D eigenvalue weighted by Crippen LogP contribution is 2.19. The van der Waals surface area contributed by atoms with Gasteiger partial charge in [0.05, 0.1) is 0 Å². The molecule has 1 aliphatic rings. The first kappa shape index (κ1) is 17.1. The van der Waals surface area contributed by atoms with Crippen LogP contribution in [-0.2, 0) is 19.2 Å². The first-order valence-corrected chi connectivity index (χ1v) is 6.89. The molecule has 1 fully saturated rings. The van der Waals surface area contributed by atoms with E-state index in [0.717, 1.165) is 0 Å². The largest absolute Gasteiger partial charge is 0.355 e. The summed E-state index contributed by atoms with van der Waals surface area (Å²) >= 11 is 0.